The summed E-state index contributed by atoms with van der Waals surface area (Å²) in [4.78, 5) is 12.7. The highest BCUT2D eigenvalue weighted by atomic mass is 16.1. The lowest BCUT2D eigenvalue weighted by atomic mass is 10.2. The van der Waals surface area contributed by atoms with Gasteiger partial charge in [0.25, 0.3) is 0 Å². The van der Waals surface area contributed by atoms with Crippen molar-refractivity contribution in [3.8, 4) is 6.07 Å². The van der Waals surface area contributed by atoms with E-state index < -0.39 is 0 Å². The first-order valence-corrected chi connectivity index (χ1v) is 3.67. The van der Waals surface area contributed by atoms with Gasteiger partial charge < -0.3 is 0 Å². The lowest BCUT2D eigenvalue weighted by Gasteiger charge is -2.20. The van der Waals surface area contributed by atoms with Crippen molar-refractivity contribution < 1.29 is 4.79 Å². The molecular formula is C8H14N2O. The molecule has 1 atom stereocenters. The molecule has 0 N–H and O–H groups in total. The molecule has 62 valence electrons. The summed E-state index contributed by atoms with van der Waals surface area (Å²) in [5.74, 6) is 0.144. The molecule has 0 aliphatic carbocycles. The van der Waals surface area contributed by atoms with E-state index in [1.165, 1.54) is 0 Å². The van der Waals surface area contributed by atoms with Gasteiger partial charge in [0.2, 0.25) is 0 Å². The monoisotopic (exact) mass is 154 g/mol. The van der Waals surface area contributed by atoms with Gasteiger partial charge in [0, 0.05) is 13.0 Å². The van der Waals surface area contributed by atoms with Gasteiger partial charge in [-0.15, -0.1) is 0 Å². The van der Waals surface area contributed by atoms with Crippen molar-refractivity contribution in [1.82, 2.24) is 4.90 Å². The molecule has 0 radical (unpaired) electrons. The Labute approximate surface area is 67.6 Å². The molecule has 0 aliphatic heterocycles. The number of hydrogen-bond acceptors (Lipinski definition) is 3. The third-order valence-electron chi connectivity index (χ3n) is 1.83. The van der Waals surface area contributed by atoms with Gasteiger partial charge in [0.05, 0.1) is 12.1 Å². The zero-order chi connectivity index (χ0) is 8.85. The van der Waals surface area contributed by atoms with Crippen molar-refractivity contribution >= 4 is 5.78 Å². The summed E-state index contributed by atoms with van der Waals surface area (Å²) in [6.07, 6.45) is 0.480. The van der Waals surface area contributed by atoms with Crippen LogP contribution in [0.15, 0.2) is 0 Å². The van der Waals surface area contributed by atoms with E-state index in [2.05, 4.69) is 0 Å². The van der Waals surface area contributed by atoms with Crippen molar-refractivity contribution in [2.45, 2.75) is 26.3 Å². The van der Waals surface area contributed by atoms with Crippen molar-refractivity contribution in [3.63, 3.8) is 0 Å². The van der Waals surface area contributed by atoms with Gasteiger partial charge in [-0.1, -0.05) is 0 Å². The number of rotatable bonds is 4. The van der Waals surface area contributed by atoms with Gasteiger partial charge in [0.1, 0.15) is 5.78 Å². The Morgan fingerprint density at radius 2 is 2.27 bits per heavy atom. The van der Waals surface area contributed by atoms with Crippen LogP contribution in [0.4, 0.5) is 0 Å². The maximum Gasteiger partial charge on any atom is 0.146 e. The van der Waals surface area contributed by atoms with Crippen molar-refractivity contribution in [2.24, 2.45) is 0 Å². The van der Waals surface area contributed by atoms with E-state index in [0.29, 0.717) is 13.0 Å². The highest BCUT2D eigenvalue weighted by Gasteiger charge is 2.12. The van der Waals surface area contributed by atoms with Crippen LogP contribution in [-0.2, 0) is 4.79 Å². The summed E-state index contributed by atoms with van der Waals surface area (Å²) < 4.78 is 0. The maximum absolute atomic E-state index is 10.8. The smallest absolute Gasteiger partial charge is 0.146 e. The molecule has 3 nitrogen and oxygen atoms in total. The first-order valence-electron chi connectivity index (χ1n) is 3.67. The van der Waals surface area contributed by atoms with E-state index in [0.717, 1.165) is 0 Å². The van der Waals surface area contributed by atoms with Crippen molar-refractivity contribution in [2.75, 3.05) is 13.6 Å². The van der Waals surface area contributed by atoms with Crippen molar-refractivity contribution in [3.05, 3.63) is 0 Å². The van der Waals surface area contributed by atoms with Crippen LogP contribution in [0.1, 0.15) is 20.3 Å². The van der Waals surface area contributed by atoms with Gasteiger partial charge >= 0.3 is 0 Å². The molecule has 0 rings (SSSR count). The molecule has 0 bridgehead atoms. The topological polar surface area (TPSA) is 44.1 Å². The fraction of sp³-hybridized carbons (Fsp3) is 0.750. The number of likely N-dealkylation sites (N-methyl/N-ethyl adjacent to an activating group) is 1. The predicted octanol–water partition coefficient (Wildman–Crippen LogP) is 0.809. The van der Waals surface area contributed by atoms with E-state index in [4.69, 9.17) is 5.26 Å². The molecule has 0 spiro atoms. The second-order valence-electron chi connectivity index (χ2n) is 2.68. The largest absolute Gasteiger partial charge is 0.298 e. The van der Waals surface area contributed by atoms with Crippen LogP contribution < -0.4 is 0 Å². The number of ketones is 1. The average molecular weight is 154 g/mol. The molecule has 0 fully saturated rings. The summed E-state index contributed by atoms with van der Waals surface area (Å²) >= 11 is 0. The Bertz CT molecular complexity index is 171. The Morgan fingerprint density at radius 1 is 1.73 bits per heavy atom. The molecule has 0 aromatic heterocycles. The Kier molecular flexibility index (Phi) is 4.47. The molecule has 11 heavy (non-hydrogen) atoms. The highest BCUT2D eigenvalue weighted by Crippen LogP contribution is 1.96. The van der Waals surface area contributed by atoms with Gasteiger partial charge in [-0.05, 0) is 20.9 Å². The summed E-state index contributed by atoms with van der Waals surface area (Å²) in [5, 5.41) is 8.27. The van der Waals surface area contributed by atoms with Crippen molar-refractivity contribution in [1.29, 1.82) is 5.26 Å². The number of nitrogens with zero attached hydrogens (tertiary/aromatic N) is 2. The third kappa shape index (κ3) is 3.74. The Hall–Kier alpha value is -0.880. The molecule has 3 heteroatoms. The normalized spacial score (nSPS) is 12.6. The van der Waals surface area contributed by atoms with Gasteiger partial charge in [-0.2, -0.15) is 5.26 Å². The molecule has 0 saturated heterocycles. The van der Waals surface area contributed by atoms with E-state index in [1.54, 1.807) is 6.92 Å². The Morgan fingerprint density at radius 3 is 2.64 bits per heavy atom. The molecule has 1 unspecified atom stereocenters. The number of hydrogen-bond donors (Lipinski definition) is 0. The minimum Gasteiger partial charge on any atom is -0.298 e. The zero-order valence-electron chi connectivity index (χ0n) is 7.29. The van der Waals surface area contributed by atoms with Crippen LogP contribution in [-0.4, -0.2) is 30.3 Å². The fourth-order valence-corrected chi connectivity index (χ4v) is 0.730. The quantitative estimate of drug-likeness (QED) is 0.602. The molecule has 0 aromatic carbocycles. The van der Waals surface area contributed by atoms with Crippen LogP contribution in [0, 0.1) is 11.3 Å². The summed E-state index contributed by atoms with van der Waals surface area (Å²) in [6.45, 7) is 4.07. The van der Waals surface area contributed by atoms with Crippen LogP contribution in [0.25, 0.3) is 0 Å². The predicted molar refractivity (Wildman–Crippen MR) is 43.0 cm³/mol. The summed E-state index contributed by atoms with van der Waals surface area (Å²) in [5.41, 5.74) is 0. The number of nitriles is 1. The second kappa shape index (κ2) is 4.86. The molecule has 0 aliphatic rings. The fourth-order valence-electron chi connectivity index (χ4n) is 0.730. The minimum atomic E-state index is -0.0663. The van der Waals surface area contributed by atoms with E-state index in [9.17, 15) is 4.79 Å². The van der Waals surface area contributed by atoms with Crippen LogP contribution in [0.5, 0.6) is 0 Å². The third-order valence-corrected chi connectivity index (χ3v) is 1.83. The van der Waals surface area contributed by atoms with E-state index in [1.807, 2.05) is 24.9 Å². The Balaban J connectivity index is 3.75. The number of Topliss-reactive ketones (excluding diaryl/α,β-unsaturated/α-hetero) is 1. The van der Waals surface area contributed by atoms with Crippen LogP contribution in [0.3, 0.4) is 0 Å². The first kappa shape index (κ1) is 10.1. The molecule has 0 heterocycles. The second-order valence-corrected chi connectivity index (χ2v) is 2.68. The molecule has 0 saturated carbocycles. The molecule has 0 aromatic rings. The summed E-state index contributed by atoms with van der Waals surface area (Å²) in [6, 6.07) is 1.97. The van der Waals surface area contributed by atoms with Crippen LogP contribution in [0.2, 0.25) is 0 Å². The minimum absolute atomic E-state index is 0.0663. The lowest BCUT2D eigenvalue weighted by molar-refractivity contribution is -0.121. The van der Waals surface area contributed by atoms with Crippen LogP contribution >= 0.6 is 0 Å². The van der Waals surface area contributed by atoms with Gasteiger partial charge in [-0.3, -0.25) is 9.69 Å². The van der Waals surface area contributed by atoms with E-state index >= 15 is 0 Å². The number of carbonyl (C=O) groups is 1. The highest BCUT2D eigenvalue weighted by molar-refractivity contribution is 5.80. The molecular weight excluding hydrogens is 140 g/mol. The maximum atomic E-state index is 10.8. The lowest BCUT2D eigenvalue weighted by Crippen LogP contribution is -2.35. The SMILES string of the molecule is CC(=O)C(C)N(C)CCC#N. The van der Waals surface area contributed by atoms with E-state index in [-0.39, 0.29) is 11.8 Å². The van der Waals surface area contributed by atoms with Gasteiger partial charge in [0.15, 0.2) is 0 Å². The average Bonchev–Trinajstić information content (AvgIpc) is 1.98. The zero-order valence-corrected chi connectivity index (χ0v) is 7.29. The molecule has 0 amide bonds. The first-order chi connectivity index (χ1) is 5.09. The standard InChI is InChI=1S/C8H14N2O/c1-7(8(2)11)10(3)6-4-5-9/h7H,4,6H2,1-3H3. The number of carbonyl (C=O) groups excluding carboxylic acids is 1. The summed E-state index contributed by atoms with van der Waals surface area (Å²) in [7, 11) is 1.85. The van der Waals surface area contributed by atoms with Gasteiger partial charge in [-0.25, -0.2) is 0 Å².